The minimum absolute atomic E-state index is 0.193. The molecule has 0 aromatic heterocycles. The van der Waals surface area contributed by atoms with Crippen molar-refractivity contribution in [1.29, 1.82) is 0 Å². The summed E-state index contributed by atoms with van der Waals surface area (Å²) in [6.45, 7) is 7.89. The van der Waals surface area contributed by atoms with E-state index < -0.39 is 10.0 Å². The molecule has 0 saturated heterocycles. The molecule has 0 aliphatic rings. The molecule has 0 radical (unpaired) electrons. The van der Waals surface area contributed by atoms with Crippen LogP contribution in [0.15, 0.2) is 41.8 Å². The van der Waals surface area contributed by atoms with Gasteiger partial charge in [-0.3, -0.25) is 0 Å². The number of nitrogens with zero attached hydrogens (tertiary/aromatic N) is 1. The molecule has 0 aliphatic carbocycles. The Balaban J connectivity index is 2.83. The van der Waals surface area contributed by atoms with Crippen molar-refractivity contribution in [3.8, 4) is 12.0 Å². The lowest BCUT2D eigenvalue weighted by Crippen LogP contribution is -2.26. The number of aryl methyl sites for hydroxylation is 1. The van der Waals surface area contributed by atoms with E-state index in [0.29, 0.717) is 0 Å². The van der Waals surface area contributed by atoms with Crippen molar-refractivity contribution in [2.24, 2.45) is 0 Å². The van der Waals surface area contributed by atoms with Crippen LogP contribution in [0.3, 0.4) is 0 Å². The fourth-order valence-corrected chi connectivity index (χ4v) is 3.16. The van der Waals surface area contributed by atoms with Crippen LogP contribution in [0.4, 0.5) is 0 Å². The van der Waals surface area contributed by atoms with E-state index in [9.17, 15) is 8.42 Å². The standard InChI is InChI=1S/C18H25NO2S/c1-4-6-7-8-9-10-16-19(15-5-2)22(20,21)18-13-11-17(3)12-14-18/h5,11-14H,2,4,6-9,15H2,1,3H3. The number of hydrogen-bond acceptors (Lipinski definition) is 2. The van der Waals surface area contributed by atoms with Crippen LogP contribution in [0.1, 0.15) is 44.6 Å². The molecule has 120 valence electrons. The maximum Gasteiger partial charge on any atom is 0.271 e. The average molecular weight is 319 g/mol. The number of sulfonamides is 1. The molecule has 0 bridgehead atoms. The third kappa shape index (κ3) is 5.57. The van der Waals surface area contributed by atoms with E-state index in [4.69, 9.17) is 0 Å². The predicted molar refractivity (Wildman–Crippen MR) is 91.8 cm³/mol. The Morgan fingerprint density at radius 3 is 2.45 bits per heavy atom. The lowest BCUT2D eigenvalue weighted by Gasteiger charge is -2.16. The van der Waals surface area contributed by atoms with Crippen molar-refractivity contribution < 1.29 is 8.42 Å². The second-order valence-electron chi connectivity index (χ2n) is 5.24. The second-order valence-corrected chi connectivity index (χ2v) is 7.10. The summed E-state index contributed by atoms with van der Waals surface area (Å²) < 4.78 is 26.3. The Kier molecular flexibility index (Phi) is 7.76. The van der Waals surface area contributed by atoms with E-state index in [-0.39, 0.29) is 11.4 Å². The fourth-order valence-electron chi connectivity index (χ4n) is 1.94. The molecule has 1 aromatic rings. The first-order valence-electron chi connectivity index (χ1n) is 7.71. The summed E-state index contributed by atoms with van der Waals surface area (Å²) in [5, 5.41) is 0. The molecular formula is C18H25NO2S. The molecule has 0 amide bonds. The number of benzene rings is 1. The molecule has 0 unspecified atom stereocenters. The van der Waals surface area contributed by atoms with E-state index in [1.807, 2.05) is 6.92 Å². The van der Waals surface area contributed by atoms with Gasteiger partial charge in [0.2, 0.25) is 0 Å². The first-order valence-corrected chi connectivity index (χ1v) is 9.15. The van der Waals surface area contributed by atoms with Crippen LogP contribution in [0, 0.1) is 18.9 Å². The van der Waals surface area contributed by atoms with Gasteiger partial charge in [0.1, 0.15) is 0 Å². The Labute approximate surface area is 135 Å². The van der Waals surface area contributed by atoms with Crippen molar-refractivity contribution in [3.05, 3.63) is 42.5 Å². The maximum absolute atomic E-state index is 12.6. The van der Waals surface area contributed by atoms with Crippen molar-refractivity contribution in [2.75, 3.05) is 6.54 Å². The zero-order valence-corrected chi connectivity index (χ0v) is 14.3. The minimum Gasteiger partial charge on any atom is -0.221 e. The third-order valence-corrected chi connectivity index (χ3v) is 4.95. The molecular weight excluding hydrogens is 294 g/mol. The molecule has 22 heavy (non-hydrogen) atoms. The normalized spacial score (nSPS) is 10.6. The Morgan fingerprint density at radius 2 is 1.86 bits per heavy atom. The van der Waals surface area contributed by atoms with Crippen LogP contribution in [-0.4, -0.2) is 19.3 Å². The van der Waals surface area contributed by atoms with Crippen molar-refractivity contribution >= 4 is 10.0 Å². The van der Waals surface area contributed by atoms with Crippen molar-refractivity contribution in [2.45, 2.75) is 50.8 Å². The van der Waals surface area contributed by atoms with Gasteiger partial charge in [-0.1, -0.05) is 55.9 Å². The van der Waals surface area contributed by atoms with Crippen LogP contribution in [0.5, 0.6) is 0 Å². The zero-order chi connectivity index (χ0) is 16.4. The summed E-state index contributed by atoms with van der Waals surface area (Å²) in [6, 6.07) is 9.58. The van der Waals surface area contributed by atoms with Gasteiger partial charge < -0.3 is 0 Å². The van der Waals surface area contributed by atoms with Crippen LogP contribution >= 0.6 is 0 Å². The predicted octanol–water partition coefficient (Wildman–Crippen LogP) is 4.10. The van der Waals surface area contributed by atoms with E-state index in [2.05, 4.69) is 25.5 Å². The lowest BCUT2D eigenvalue weighted by molar-refractivity contribution is 0.532. The average Bonchev–Trinajstić information content (AvgIpc) is 2.50. The van der Waals surface area contributed by atoms with Gasteiger partial charge in [-0.25, -0.2) is 12.7 Å². The first kappa shape index (κ1) is 18.3. The van der Waals surface area contributed by atoms with Gasteiger partial charge in [-0.2, -0.15) is 0 Å². The quantitative estimate of drug-likeness (QED) is 0.313. The molecule has 0 heterocycles. The Hall–Kier alpha value is -1.73. The summed E-state index contributed by atoms with van der Waals surface area (Å²) >= 11 is 0. The summed E-state index contributed by atoms with van der Waals surface area (Å²) in [5.41, 5.74) is 1.02. The van der Waals surface area contributed by atoms with Gasteiger partial charge in [0.05, 0.1) is 11.4 Å². The number of unbranched alkanes of at least 4 members (excludes halogenated alkanes) is 4. The first-order chi connectivity index (χ1) is 10.5. The molecule has 0 saturated carbocycles. The molecule has 0 aliphatic heterocycles. The molecule has 4 heteroatoms. The Bertz CT molecular complexity index is 621. The fraction of sp³-hybridized carbons (Fsp3) is 0.444. The smallest absolute Gasteiger partial charge is 0.221 e. The van der Waals surface area contributed by atoms with Gasteiger partial charge in [0.15, 0.2) is 0 Å². The topological polar surface area (TPSA) is 37.4 Å². The molecule has 0 N–H and O–H groups in total. The highest BCUT2D eigenvalue weighted by Gasteiger charge is 2.20. The molecule has 0 spiro atoms. The van der Waals surface area contributed by atoms with Crippen molar-refractivity contribution in [3.63, 3.8) is 0 Å². The van der Waals surface area contributed by atoms with Crippen LogP contribution in [0.2, 0.25) is 0 Å². The largest absolute Gasteiger partial charge is 0.271 e. The van der Waals surface area contributed by atoms with Crippen LogP contribution in [-0.2, 0) is 10.0 Å². The highest BCUT2D eigenvalue weighted by atomic mass is 32.2. The highest BCUT2D eigenvalue weighted by molar-refractivity contribution is 7.89. The summed E-state index contributed by atoms with van der Waals surface area (Å²) in [4.78, 5) is 0.264. The summed E-state index contributed by atoms with van der Waals surface area (Å²) in [6.07, 6.45) is 6.79. The van der Waals surface area contributed by atoms with Gasteiger partial charge in [0.25, 0.3) is 10.0 Å². The van der Waals surface area contributed by atoms with Crippen LogP contribution < -0.4 is 0 Å². The molecule has 1 aromatic carbocycles. The SMILES string of the molecule is C=CCN(C#CCCCCCC)S(=O)(=O)c1ccc(C)cc1. The number of rotatable bonds is 8. The lowest BCUT2D eigenvalue weighted by atomic mass is 10.2. The third-order valence-electron chi connectivity index (χ3n) is 3.26. The summed E-state index contributed by atoms with van der Waals surface area (Å²) in [5.74, 6) is 2.97. The summed E-state index contributed by atoms with van der Waals surface area (Å²) in [7, 11) is -3.59. The number of hydrogen-bond donors (Lipinski definition) is 0. The molecule has 0 fully saturated rings. The molecule has 3 nitrogen and oxygen atoms in total. The van der Waals surface area contributed by atoms with Gasteiger partial charge in [-0.05, 0) is 25.5 Å². The molecule has 1 rings (SSSR count). The Morgan fingerprint density at radius 1 is 1.18 bits per heavy atom. The van der Waals surface area contributed by atoms with E-state index in [0.717, 1.165) is 24.8 Å². The van der Waals surface area contributed by atoms with E-state index in [1.54, 1.807) is 30.3 Å². The molecule has 0 atom stereocenters. The van der Waals surface area contributed by atoms with Gasteiger partial charge >= 0.3 is 0 Å². The van der Waals surface area contributed by atoms with Crippen molar-refractivity contribution in [1.82, 2.24) is 4.31 Å². The van der Waals surface area contributed by atoms with Gasteiger partial charge in [-0.15, -0.1) is 6.58 Å². The monoisotopic (exact) mass is 319 g/mol. The van der Waals surface area contributed by atoms with Crippen LogP contribution in [0.25, 0.3) is 0 Å². The zero-order valence-electron chi connectivity index (χ0n) is 13.5. The second kappa shape index (κ2) is 9.32. The minimum atomic E-state index is -3.59. The highest BCUT2D eigenvalue weighted by Crippen LogP contribution is 2.15. The van der Waals surface area contributed by atoms with E-state index in [1.165, 1.54) is 17.1 Å². The van der Waals surface area contributed by atoms with Gasteiger partial charge in [0, 0.05) is 12.5 Å². The van der Waals surface area contributed by atoms with E-state index >= 15 is 0 Å². The maximum atomic E-state index is 12.6.